The number of aromatic amines is 1. The fraction of sp³-hybridized carbons (Fsp3) is 0.357. The predicted octanol–water partition coefficient (Wildman–Crippen LogP) is 2.24. The predicted molar refractivity (Wildman–Crippen MR) is 77.7 cm³/mol. The van der Waals surface area contributed by atoms with Gasteiger partial charge in [-0.1, -0.05) is 0 Å². The molecule has 2 aromatic rings. The number of ether oxygens (including phenoxy) is 2. The highest BCUT2D eigenvalue weighted by atomic mass is 16.5. The summed E-state index contributed by atoms with van der Waals surface area (Å²) in [6.07, 6.45) is 0.0934. The number of hydrogen-bond donors (Lipinski definition) is 2. The van der Waals surface area contributed by atoms with Crippen LogP contribution in [0.4, 0.5) is 5.95 Å². The highest BCUT2D eigenvalue weighted by Crippen LogP contribution is 2.15. The molecule has 0 aliphatic carbocycles. The summed E-state index contributed by atoms with van der Waals surface area (Å²) in [5.74, 6) is 0.677. The molecule has 0 saturated heterocycles. The van der Waals surface area contributed by atoms with Crippen LogP contribution in [-0.2, 0) is 0 Å². The second-order valence-electron chi connectivity index (χ2n) is 4.54. The van der Waals surface area contributed by atoms with E-state index in [1.807, 2.05) is 20.8 Å². The number of anilines is 1. The van der Waals surface area contributed by atoms with Crippen LogP contribution in [0.1, 0.15) is 31.1 Å². The van der Waals surface area contributed by atoms with Gasteiger partial charge in [-0.2, -0.15) is 4.98 Å². The Hall–Kier alpha value is -2.57. The third-order valence-electron chi connectivity index (χ3n) is 2.46. The Morgan fingerprint density at radius 3 is 2.67 bits per heavy atom. The maximum Gasteiger partial charge on any atom is 0.337 e. The summed E-state index contributed by atoms with van der Waals surface area (Å²) >= 11 is 0. The number of nitrogens with zero attached hydrogens (tertiary/aromatic N) is 2. The number of hydrogen-bond acceptors (Lipinski definition) is 5. The quantitative estimate of drug-likeness (QED) is 0.851. The molecule has 0 bridgehead atoms. The van der Waals surface area contributed by atoms with Crippen molar-refractivity contribution in [2.45, 2.75) is 26.9 Å². The van der Waals surface area contributed by atoms with Gasteiger partial charge in [-0.05, 0) is 45.0 Å². The monoisotopic (exact) mass is 290 g/mol. The lowest BCUT2D eigenvalue weighted by atomic mass is 10.2. The van der Waals surface area contributed by atoms with E-state index in [0.29, 0.717) is 12.2 Å². The van der Waals surface area contributed by atoms with Gasteiger partial charge in [0.2, 0.25) is 5.95 Å². The van der Waals surface area contributed by atoms with Crippen molar-refractivity contribution >= 4 is 11.9 Å². The normalized spacial score (nSPS) is 10.5. The van der Waals surface area contributed by atoms with E-state index in [-0.39, 0.29) is 24.0 Å². The molecule has 0 radical (unpaired) electrons. The van der Waals surface area contributed by atoms with Crippen LogP contribution in [-0.4, -0.2) is 33.8 Å². The molecule has 0 atom stereocenters. The highest BCUT2D eigenvalue weighted by molar-refractivity contribution is 6.03. The van der Waals surface area contributed by atoms with Gasteiger partial charge in [0, 0.05) is 5.56 Å². The lowest BCUT2D eigenvalue weighted by Crippen LogP contribution is -2.13. The first-order valence-corrected chi connectivity index (χ1v) is 6.71. The van der Waals surface area contributed by atoms with E-state index in [4.69, 9.17) is 9.47 Å². The summed E-state index contributed by atoms with van der Waals surface area (Å²) in [5.41, 5.74) is 0.500. The third kappa shape index (κ3) is 4.20. The molecular weight excluding hydrogens is 272 g/mol. The molecule has 21 heavy (non-hydrogen) atoms. The molecule has 1 aromatic heterocycles. The number of H-pyrrole nitrogens is 1. The van der Waals surface area contributed by atoms with Crippen LogP contribution >= 0.6 is 0 Å². The maximum atomic E-state index is 12.0. The Bertz CT molecular complexity index is 593. The summed E-state index contributed by atoms with van der Waals surface area (Å²) in [5, 5.41) is 9.00. The van der Waals surface area contributed by atoms with Crippen molar-refractivity contribution in [1.82, 2.24) is 15.2 Å². The zero-order valence-electron chi connectivity index (χ0n) is 12.2. The summed E-state index contributed by atoms with van der Waals surface area (Å²) in [6, 6.07) is 7.08. The van der Waals surface area contributed by atoms with Crippen molar-refractivity contribution in [2.75, 3.05) is 11.9 Å². The van der Waals surface area contributed by atoms with Crippen LogP contribution < -0.4 is 14.8 Å². The standard InChI is InChI=1S/C14H18N4O3/c1-4-20-14-16-13(17-18-14)15-12(19)10-5-7-11(8-6-10)21-9(2)3/h5-9H,4H2,1-3H3,(H2,15,16,17,18,19). The Morgan fingerprint density at radius 1 is 1.33 bits per heavy atom. The van der Waals surface area contributed by atoms with Crippen molar-refractivity contribution in [3.8, 4) is 11.8 Å². The van der Waals surface area contributed by atoms with E-state index in [1.165, 1.54) is 0 Å². The first-order valence-electron chi connectivity index (χ1n) is 6.71. The average Bonchev–Trinajstić information content (AvgIpc) is 2.86. The zero-order chi connectivity index (χ0) is 15.2. The fourth-order valence-electron chi connectivity index (χ4n) is 1.63. The van der Waals surface area contributed by atoms with E-state index in [0.717, 1.165) is 5.75 Å². The number of aromatic nitrogens is 3. The SMILES string of the molecule is CCOc1n[nH]c(NC(=O)c2ccc(OC(C)C)cc2)n1. The van der Waals surface area contributed by atoms with Crippen LogP contribution in [0.15, 0.2) is 24.3 Å². The number of benzene rings is 1. The van der Waals surface area contributed by atoms with Crippen molar-refractivity contribution in [2.24, 2.45) is 0 Å². The highest BCUT2D eigenvalue weighted by Gasteiger charge is 2.10. The first kappa shape index (κ1) is 14.8. The Morgan fingerprint density at radius 2 is 2.05 bits per heavy atom. The molecule has 0 spiro atoms. The van der Waals surface area contributed by atoms with E-state index < -0.39 is 0 Å². The summed E-state index contributed by atoms with van der Waals surface area (Å²) < 4.78 is 10.6. The minimum Gasteiger partial charge on any atom is -0.491 e. The van der Waals surface area contributed by atoms with Crippen LogP contribution in [0.25, 0.3) is 0 Å². The molecular formula is C14H18N4O3. The molecule has 1 aromatic carbocycles. The molecule has 0 aliphatic heterocycles. The van der Waals surface area contributed by atoms with Gasteiger partial charge in [0.25, 0.3) is 5.91 Å². The Labute approximate surface area is 122 Å². The van der Waals surface area contributed by atoms with Gasteiger partial charge in [-0.15, -0.1) is 5.10 Å². The number of rotatable bonds is 6. The molecule has 0 fully saturated rings. The molecule has 7 nitrogen and oxygen atoms in total. The molecule has 2 N–H and O–H groups in total. The van der Waals surface area contributed by atoms with E-state index in [1.54, 1.807) is 24.3 Å². The van der Waals surface area contributed by atoms with E-state index >= 15 is 0 Å². The number of carbonyl (C=O) groups is 1. The topological polar surface area (TPSA) is 89.1 Å². The fourth-order valence-corrected chi connectivity index (χ4v) is 1.63. The van der Waals surface area contributed by atoms with Gasteiger partial charge in [-0.25, -0.2) is 5.10 Å². The third-order valence-corrected chi connectivity index (χ3v) is 2.46. The maximum absolute atomic E-state index is 12.0. The van der Waals surface area contributed by atoms with E-state index in [2.05, 4.69) is 20.5 Å². The van der Waals surface area contributed by atoms with Crippen molar-refractivity contribution in [3.05, 3.63) is 29.8 Å². The summed E-state index contributed by atoms with van der Waals surface area (Å²) in [6.45, 7) is 6.18. The lowest BCUT2D eigenvalue weighted by molar-refractivity contribution is 0.102. The molecule has 0 unspecified atom stereocenters. The van der Waals surface area contributed by atoms with Gasteiger partial charge in [0.15, 0.2) is 0 Å². The van der Waals surface area contributed by atoms with Crippen LogP contribution in [0.3, 0.4) is 0 Å². The number of carbonyl (C=O) groups excluding carboxylic acids is 1. The number of amides is 1. The van der Waals surface area contributed by atoms with Gasteiger partial charge in [0.05, 0.1) is 12.7 Å². The van der Waals surface area contributed by atoms with Crippen molar-refractivity contribution in [1.29, 1.82) is 0 Å². The summed E-state index contributed by atoms with van der Waals surface area (Å²) in [4.78, 5) is 16.0. The van der Waals surface area contributed by atoms with Crippen LogP contribution in [0.5, 0.6) is 11.8 Å². The van der Waals surface area contributed by atoms with E-state index in [9.17, 15) is 4.79 Å². The average molecular weight is 290 g/mol. The second-order valence-corrected chi connectivity index (χ2v) is 4.54. The molecule has 112 valence electrons. The lowest BCUT2D eigenvalue weighted by Gasteiger charge is -2.09. The molecule has 2 rings (SSSR count). The van der Waals surface area contributed by atoms with Gasteiger partial charge in [-0.3, -0.25) is 10.1 Å². The molecule has 1 amide bonds. The summed E-state index contributed by atoms with van der Waals surface area (Å²) in [7, 11) is 0. The minimum absolute atomic E-state index is 0.0934. The molecule has 0 saturated carbocycles. The zero-order valence-corrected chi connectivity index (χ0v) is 12.2. The smallest absolute Gasteiger partial charge is 0.337 e. The molecule has 0 aliphatic rings. The molecule has 1 heterocycles. The van der Waals surface area contributed by atoms with Crippen molar-refractivity contribution < 1.29 is 14.3 Å². The van der Waals surface area contributed by atoms with Gasteiger partial charge < -0.3 is 9.47 Å². The van der Waals surface area contributed by atoms with Gasteiger partial charge >= 0.3 is 6.01 Å². The number of nitrogens with one attached hydrogen (secondary N) is 2. The van der Waals surface area contributed by atoms with Crippen LogP contribution in [0, 0.1) is 0 Å². The minimum atomic E-state index is -0.287. The largest absolute Gasteiger partial charge is 0.491 e. The Kier molecular flexibility index (Phi) is 4.76. The Balaban J connectivity index is 1.99. The second kappa shape index (κ2) is 6.74. The van der Waals surface area contributed by atoms with Gasteiger partial charge in [0.1, 0.15) is 5.75 Å². The molecule has 7 heteroatoms. The van der Waals surface area contributed by atoms with Crippen LogP contribution in [0.2, 0.25) is 0 Å². The first-order chi connectivity index (χ1) is 10.1. The van der Waals surface area contributed by atoms with Crippen molar-refractivity contribution in [3.63, 3.8) is 0 Å².